The van der Waals surface area contributed by atoms with Gasteiger partial charge in [0.25, 0.3) is 0 Å². The van der Waals surface area contributed by atoms with Gasteiger partial charge in [0.15, 0.2) is 11.5 Å². The molecule has 1 atom stereocenters. The van der Waals surface area contributed by atoms with Crippen LogP contribution in [-0.4, -0.2) is 46.1 Å². The van der Waals surface area contributed by atoms with Gasteiger partial charge in [0.05, 0.1) is 0 Å². The second-order valence-electron chi connectivity index (χ2n) is 5.25. The first-order valence-corrected chi connectivity index (χ1v) is 7.53. The summed E-state index contributed by atoms with van der Waals surface area (Å²) in [5, 5.41) is 15.3. The molecular weight excluding hydrogens is 292 g/mol. The summed E-state index contributed by atoms with van der Waals surface area (Å²) in [5.41, 5.74) is 0.316. The van der Waals surface area contributed by atoms with E-state index in [1.165, 1.54) is 6.20 Å². The van der Waals surface area contributed by atoms with Crippen LogP contribution < -0.4 is 15.5 Å². The molecule has 1 aliphatic rings. The molecule has 0 amide bonds. The zero-order valence-corrected chi connectivity index (χ0v) is 12.9. The van der Waals surface area contributed by atoms with Crippen molar-refractivity contribution in [2.45, 2.75) is 18.9 Å². The van der Waals surface area contributed by atoms with Gasteiger partial charge in [-0.05, 0) is 12.8 Å². The maximum absolute atomic E-state index is 9.07. The highest BCUT2D eigenvalue weighted by atomic mass is 15.3. The summed E-state index contributed by atoms with van der Waals surface area (Å²) in [7, 11) is 1.84. The summed E-state index contributed by atoms with van der Waals surface area (Å²) < 4.78 is 0. The van der Waals surface area contributed by atoms with Crippen LogP contribution >= 0.6 is 0 Å². The van der Waals surface area contributed by atoms with Gasteiger partial charge in [0.1, 0.15) is 24.0 Å². The fourth-order valence-electron chi connectivity index (χ4n) is 2.75. The van der Waals surface area contributed by atoms with Gasteiger partial charge >= 0.3 is 0 Å². The number of nitriles is 1. The second-order valence-corrected chi connectivity index (χ2v) is 5.25. The lowest BCUT2D eigenvalue weighted by molar-refractivity contribution is 0.688. The van der Waals surface area contributed by atoms with Crippen LogP contribution in [0.5, 0.6) is 0 Å². The number of aromatic nitrogens is 4. The van der Waals surface area contributed by atoms with Crippen molar-refractivity contribution in [1.82, 2.24) is 19.9 Å². The van der Waals surface area contributed by atoms with E-state index >= 15 is 0 Å². The summed E-state index contributed by atoms with van der Waals surface area (Å²) in [6.07, 6.45) is 6.84. The number of hydrogen-bond acceptors (Lipinski definition) is 8. The maximum atomic E-state index is 9.07. The molecule has 0 saturated carbocycles. The largest absolute Gasteiger partial charge is 0.373 e. The molecule has 0 bridgehead atoms. The van der Waals surface area contributed by atoms with Gasteiger partial charge in [0, 0.05) is 44.6 Å². The Kier molecular flexibility index (Phi) is 4.47. The Balaban J connectivity index is 1.71. The van der Waals surface area contributed by atoms with Crippen molar-refractivity contribution < 1.29 is 0 Å². The summed E-state index contributed by atoms with van der Waals surface area (Å²) >= 11 is 0. The fourth-order valence-corrected chi connectivity index (χ4v) is 2.75. The molecule has 1 unspecified atom stereocenters. The summed E-state index contributed by atoms with van der Waals surface area (Å²) in [6.45, 7) is 1.64. The van der Waals surface area contributed by atoms with E-state index in [1.54, 1.807) is 12.5 Å². The number of nitrogens with one attached hydrogen (secondary N) is 2. The standard InChI is InChI=1S/C15H18N8/c1-17-13-7-14(22-10-21-13)23-6-2-3-11(23)9-20-15-12(8-16)18-4-5-19-15/h4-5,7,10-11H,2-3,6,9H2,1H3,(H,19,20)(H,17,21,22). The highest BCUT2D eigenvalue weighted by molar-refractivity contribution is 5.51. The van der Waals surface area contributed by atoms with E-state index in [9.17, 15) is 0 Å². The molecule has 1 aliphatic heterocycles. The van der Waals surface area contributed by atoms with Gasteiger partial charge in [0.2, 0.25) is 0 Å². The second kappa shape index (κ2) is 6.87. The van der Waals surface area contributed by atoms with Crippen molar-refractivity contribution in [3.63, 3.8) is 0 Å². The van der Waals surface area contributed by atoms with E-state index in [-0.39, 0.29) is 0 Å². The first-order valence-electron chi connectivity index (χ1n) is 7.53. The van der Waals surface area contributed by atoms with E-state index in [0.717, 1.165) is 31.0 Å². The molecule has 8 nitrogen and oxygen atoms in total. The van der Waals surface area contributed by atoms with Crippen LogP contribution in [0.2, 0.25) is 0 Å². The monoisotopic (exact) mass is 310 g/mol. The first-order chi connectivity index (χ1) is 11.3. The van der Waals surface area contributed by atoms with Crippen LogP contribution in [-0.2, 0) is 0 Å². The topological polar surface area (TPSA) is 103 Å². The van der Waals surface area contributed by atoms with Gasteiger partial charge < -0.3 is 15.5 Å². The summed E-state index contributed by atoms with van der Waals surface area (Å²) in [5.74, 6) is 2.24. The molecule has 3 rings (SSSR count). The molecule has 0 spiro atoms. The third kappa shape index (κ3) is 3.29. The Morgan fingerprint density at radius 1 is 1.30 bits per heavy atom. The molecule has 1 saturated heterocycles. The van der Waals surface area contributed by atoms with Crippen LogP contribution in [0.4, 0.5) is 17.5 Å². The van der Waals surface area contributed by atoms with Crippen molar-refractivity contribution in [2.24, 2.45) is 0 Å². The van der Waals surface area contributed by atoms with Crippen LogP contribution in [0.3, 0.4) is 0 Å². The van der Waals surface area contributed by atoms with Gasteiger partial charge in [-0.3, -0.25) is 0 Å². The Labute approximate surface area is 134 Å². The first kappa shape index (κ1) is 15.0. The molecule has 8 heteroatoms. The number of hydrogen-bond donors (Lipinski definition) is 2. The van der Waals surface area contributed by atoms with Crippen LogP contribution in [0.25, 0.3) is 0 Å². The predicted molar refractivity (Wildman–Crippen MR) is 87.2 cm³/mol. The highest BCUT2D eigenvalue weighted by Crippen LogP contribution is 2.25. The molecule has 23 heavy (non-hydrogen) atoms. The molecule has 0 aromatic carbocycles. The van der Waals surface area contributed by atoms with Gasteiger partial charge in [-0.15, -0.1) is 0 Å². The minimum atomic E-state index is 0.295. The SMILES string of the molecule is CNc1cc(N2CCCC2CNc2nccnc2C#N)ncn1. The number of nitrogens with zero attached hydrogens (tertiary/aromatic N) is 6. The molecule has 2 aromatic rings. The zero-order valence-electron chi connectivity index (χ0n) is 12.9. The van der Waals surface area contributed by atoms with Crippen molar-refractivity contribution in [3.05, 3.63) is 30.5 Å². The average Bonchev–Trinajstić information content (AvgIpc) is 3.08. The normalized spacial score (nSPS) is 16.9. The Bertz CT molecular complexity index is 711. The van der Waals surface area contributed by atoms with Crippen molar-refractivity contribution in [1.29, 1.82) is 5.26 Å². The van der Waals surface area contributed by atoms with Crippen molar-refractivity contribution in [3.8, 4) is 6.07 Å². The molecule has 118 valence electrons. The summed E-state index contributed by atoms with van der Waals surface area (Å²) in [6, 6.07) is 4.29. The Morgan fingerprint density at radius 3 is 3.00 bits per heavy atom. The molecule has 2 aromatic heterocycles. The third-order valence-electron chi connectivity index (χ3n) is 3.89. The highest BCUT2D eigenvalue weighted by Gasteiger charge is 2.26. The number of rotatable bonds is 5. The fraction of sp³-hybridized carbons (Fsp3) is 0.400. The van der Waals surface area contributed by atoms with Crippen LogP contribution in [0, 0.1) is 11.3 Å². The predicted octanol–water partition coefficient (Wildman–Crippen LogP) is 1.26. The van der Waals surface area contributed by atoms with E-state index in [0.29, 0.717) is 24.1 Å². The Hall–Kier alpha value is -2.95. The molecule has 2 N–H and O–H groups in total. The van der Waals surface area contributed by atoms with E-state index in [2.05, 4.69) is 41.5 Å². The molecule has 0 radical (unpaired) electrons. The lowest BCUT2D eigenvalue weighted by Crippen LogP contribution is -2.35. The van der Waals surface area contributed by atoms with E-state index in [4.69, 9.17) is 5.26 Å². The quantitative estimate of drug-likeness (QED) is 0.851. The van der Waals surface area contributed by atoms with Gasteiger partial charge in [-0.2, -0.15) is 5.26 Å². The molecule has 0 aliphatic carbocycles. The third-order valence-corrected chi connectivity index (χ3v) is 3.89. The lowest BCUT2D eigenvalue weighted by atomic mass is 10.2. The van der Waals surface area contributed by atoms with E-state index in [1.807, 2.05) is 13.1 Å². The van der Waals surface area contributed by atoms with Crippen molar-refractivity contribution in [2.75, 3.05) is 35.7 Å². The van der Waals surface area contributed by atoms with E-state index < -0.39 is 0 Å². The minimum absolute atomic E-state index is 0.295. The molecular formula is C15H18N8. The zero-order chi connectivity index (χ0) is 16.1. The van der Waals surface area contributed by atoms with Crippen LogP contribution in [0.15, 0.2) is 24.8 Å². The average molecular weight is 310 g/mol. The van der Waals surface area contributed by atoms with Gasteiger partial charge in [-0.1, -0.05) is 0 Å². The molecule has 3 heterocycles. The van der Waals surface area contributed by atoms with Crippen LogP contribution in [0.1, 0.15) is 18.5 Å². The minimum Gasteiger partial charge on any atom is -0.373 e. The van der Waals surface area contributed by atoms with Gasteiger partial charge in [-0.25, -0.2) is 19.9 Å². The maximum Gasteiger partial charge on any atom is 0.182 e. The smallest absolute Gasteiger partial charge is 0.182 e. The van der Waals surface area contributed by atoms with Crippen molar-refractivity contribution >= 4 is 17.5 Å². The summed E-state index contributed by atoms with van der Waals surface area (Å²) in [4.78, 5) is 19.0. The lowest BCUT2D eigenvalue weighted by Gasteiger charge is -2.26. The Morgan fingerprint density at radius 2 is 2.17 bits per heavy atom. The molecule has 1 fully saturated rings. The number of anilines is 3.